The number of fused-ring (bicyclic) bond motifs is 1. The van der Waals surface area contributed by atoms with E-state index in [9.17, 15) is 0 Å². The molecule has 0 atom stereocenters. The molecule has 0 fully saturated rings. The molecule has 0 unspecified atom stereocenters. The topological polar surface area (TPSA) is 64.5 Å². The van der Waals surface area contributed by atoms with Crippen molar-refractivity contribution in [3.63, 3.8) is 0 Å². The molecule has 160 valence electrons. The highest BCUT2D eigenvalue weighted by Gasteiger charge is 2.15. The Morgan fingerprint density at radius 1 is 0.441 bits per heavy atom. The van der Waals surface area contributed by atoms with Crippen LogP contribution in [0.4, 0.5) is 0 Å². The highest BCUT2D eigenvalue weighted by atomic mass is 14.8. The first-order valence-electron chi connectivity index (χ1n) is 11.0. The standard InChI is InChI=1S/C29H19N5/c1-2-5-21(6-3-1)28-29(24-8-4-7-22(17-24)20-11-13-30-14-12-20)34-26-18-23(9-10-25(26)33-28)27-19-31-15-16-32-27/h1-19H. The fourth-order valence-corrected chi connectivity index (χ4v) is 4.05. The van der Waals surface area contributed by atoms with Crippen molar-refractivity contribution in [2.75, 3.05) is 0 Å². The van der Waals surface area contributed by atoms with Crippen molar-refractivity contribution in [2.24, 2.45) is 0 Å². The minimum absolute atomic E-state index is 0.805. The summed E-state index contributed by atoms with van der Waals surface area (Å²) >= 11 is 0. The number of rotatable bonds is 4. The van der Waals surface area contributed by atoms with Crippen LogP contribution in [-0.2, 0) is 0 Å². The fraction of sp³-hybridized carbons (Fsp3) is 0. The van der Waals surface area contributed by atoms with Gasteiger partial charge < -0.3 is 0 Å². The van der Waals surface area contributed by atoms with Crippen LogP contribution in [0.3, 0.4) is 0 Å². The van der Waals surface area contributed by atoms with Crippen molar-refractivity contribution in [1.82, 2.24) is 24.9 Å². The molecule has 0 saturated heterocycles. The van der Waals surface area contributed by atoms with Crippen molar-refractivity contribution in [3.05, 3.63) is 116 Å². The smallest absolute Gasteiger partial charge is 0.0973 e. The van der Waals surface area contributed by atoms with Crippen LogP contribution >= 0.6 is 0 Å². The molecule has 0 spiro atoms. The average Bonchev–Trinajstić information content (AvgIpc) is 2.93. The van der Waals surface area contributed by atoms with Crippen molar-refractivity contribution >= 4 is 11.0 Å². The molecule has 0 aliphatic heterocycles. The van der Waals surface area contributed by atoms with Gasteiger partial charge in [0.2, 0.25) is 0 Å². The van der Waals surface area contributed by atoms with E-state index in [2.05, 4.69) is 51.4 Å². The van der Waals surface area contributed by atoms with Gasteiger partial charge in [0, 0.05) is 41.5 Å². The summed E-state index contributed by atoms with van der Waals surface area (Å²) in [4.78, 5) is 22.9. The summed E-state index contributed by atoms with van der Waals surface area (Å²) in [5.74, 6) is 0. The molecule has 5 heteroatoms. The van der Waals surface area contributed by atoms with Gasteiger partial charge in [-0.15, -0.1) is 0 Å². The second-order valence-electron chi connectivity index (χ2n) is 7.90. The zero-order chi connectivity index (χ0) is 22.7. The molecule has 0 amide bonds. The second-order valence-corrected chi connectivity index (χ2v) is 7.90. The summed E-state index contributed by atoms with van der Waals surface area (Å²) in [6, 6.07) is 28.6. The Labute approximate surface area is 196 Å². The molecular formula is C29H19N5. The number of hydrogen-bond acceptors (Lipinski definition) is 5. The minimum Gasteiger partial charge on any atom is -0.265 e. The van der Waals surface area contributed by atoms with Crippen LogP contribution in [0.25, 0.3) is 55.9 Å². The van der Waals surface area contributed by atoms with E-state index in [0.717, 1.165) is 55.9 Å². The zero-order valence-corrected chi connectivity index (χ0v) is 18.2. The largest absolute Gasteiger partial charge is 0.265 e. The molecule has 0 aliphatic carbocycles. The van der Waals surface area contributed by atoms with Crippen LogP contribution in [0.1, 0.15) is 0 Å². The van der Waals surface area contributed by atoms with Crippen LogP contribution in [0, 0.1) is 0 Å². The maximum absolute atomic E-state index is 5.12. The number of pyridine rings is 1. The van der Waals surface area contributed by atoms with Gasteiger partial charge in [-0.25, -0.2) is 9.97 Å². The lowest BCUT2D eigenvalue weighted by atomic mass is 9.99. The third-order valence-corrected chi connectivity index (χ3v) is 5.72. The van der Waals surface area contributed by atoms with Gasteiger partial charge in [-0.2, -0.15) is 0 Å². The summed E-state index contributed by atoms with van der Waals surface area (Å²) in [7, 11) is 0. The Bertz CT molecular complexity index is 1580. The lowest BCUT2D eigenvalue weighted by molar-refractivity contribution is 1.20. The Hall–Kier alpha value is -4.77. The van der Waals surface area contributed by atoms with Crippen molar-refractivity contribution in [1.29, 1.82) is 0 Å². The van der Waals surface area contributed by atoms with Crippen molar-refractivity contribution in [2.45, 2.75) is 0 Å². The summed E-state index contributed by atoms with van der Waals surface area (Å²) in [6.07, 6.45) is 8.73. The molecule has 5 nitrogen and oxygen atoms in total. The SMILES string of the molecule is c1ccc(-c2nc3ccc(-c4cnccn4)cc3nc2-c2cccc(-c3ccncc3)c2)cc1. The molecule has 3 aromatic heterocycles. The lowest BCUT2D eigenvalue weighted by Gasteiger charge is -2.12. The summed E-state index contributed by atoms with van der Waals surface area (Å²) in [6.45, 7) is 0. The first kappa shape index (κ1) is 19.9. The molecule has 34 heavy (non-hydrogen) atoms. The van der Waals surface area contributed by atoms with Gasteiger partial charge in [0.15, 0.2) is 0 Å². The molecule has 3 heterocycles. The van der Waals surface area contributed by atoms with Crippen LogP contribution in [0.2, 0.25) is 0 Å². The number of nitrogens with zero attached hydrogens (tertiary/aromatic N) is 5. The maximum atomic E-state index is 5.12. The molecule has 6 rings (SSSR count). The highest BCUT2D eigenvalue weighted by Crippen LogP contribution is 2.34. The van der Waals surface area contributed by atoms with E-state index in [-0.39, 0.29) is 0 Å². The summed E-state index contributed by atoms with van der Waals surface area (Å²) < 4.78 is 0. The molecule has 6 aromatic rings. The monoisotopic (exact) mass is 437 g/mol. The third-order valence-electron chi connectivity index (χ3n) is 5.72. The molecule has 0 N–H and O–H groups in total. The average molecular weight is 438 g/mol. The zero-order valence-electron chi connectivity index (χ0n) is 18.2. The molecular weight excluding hydrogens is 418 g/mol. The Balaban J connectivity index is 1.56. The number of hydrogen-bond donors (Lipinski definition) is 0. The lowest BCUT2D eigenvalue weighted by Crippen LogP contribution is -1.96. The van der Waals surface area contributed by atoms with Gasteiger partial charge in [-0.05, 0) is 41.5 Å². The van der Waals surface area contributed by atoms with E-state index < -0.39 is 0 Å². The molecule has 3 aromatic carbocycles. The van der Waals surface area contributed by atoms with Gasteiger partial charge in [0.05, 0.1) is 34.3 Å². The van der Waals surface area contributed by atoms with E-state index in [4.69, 9.17) is 9.97 Å². The van der Waals surface area contributed by atoms with Crippen LogP contribution in [0.5, 0.6) is 0 Å². The highest BCUT2D eigenvalue weighted by molar-refractivity contribution is 5.89. The molecule has 0 radical (unpaired) electrons. The van der Waals surface area contributed by atoms with E-state index in [0.29, 0.717) is 0 Å². The predicted octanol–water partition coefficient (Wildman–Crippen LogP) is 6.48. The fourth-order valence-electron chi connectivity index (χ4n) is 4.05. The normalized spacial score (nSPS) is 10.9. The van der Waals surface area contributed by atoms with Gasteiger partial charge in [0.1, 0.15) is 0 Å². The Morgan fingerprint density at radius 3 is 2.03 bits per heavy atom. The van der Waals surface area contributed by atoms with E-state index in [1.165, 1.54) is 0 Å². The predicted molar refractivity (Wildman–Crippen MR) is 135 cm³/mol. The number of aromatic nitrogens is 5. The van der Waals surface area contributed by atoms with Crippen LogP contribution in [0.15, 0.2) is 116 Å². The van der Waals surface area contributed by atoms with Gasteiger partial charge in [-0.1, -0.05) is 54.6 Å². The van der Waals surface area contributed by atoms with Crippen LogP contribution < -0.4 is 0 Å². The quantitative estimate of drug-likeness (QED) is 0.316. The summed E-state index contributed by atoms with van der Waals surface area (Å²) in [5.41, 5.74) is 9.35. The third kappa shape index (κ3) is 3.80. The molecule has 0 saturated carbocycles. The van der Waals surface area contributed by atoms with Crippen molar-refractivity contribution < 1.29 is 0 Å². The first-order chi connectivity index (χ1) is 16.8. The van der Waals surface area contributed by atoms with E-state index in [1.807, 2.05) is 48.5 Å². The van der Waals surface area contributed by atoms with Gasteiger partial charge in [0.25, 0.3) is 0 Å². The van der Waals surface area contributed by atoms with Crippen LogP contribution in [-0.4, -0.2) is 24.9 Å². The van der Waals surface area contributed by atoms with Gasteiger partial charge >= 0.3 is 0 Å². The van der Waals surface area contributed by atoms with E-state index >= 15 is 0 Å². The first-order valence-corrected chi connectivity index (χ1v) is 11.0. The van der Waals surface area contributed by atoms with Crippen molar-refractivity contribution in [3.8, 4) is 44.9 Å². The Morgan fingerprint density at radius 2 is 1.21 bits per heavy atom. The maximum Gasteiger partial charge on any atom is 0.0973 e. The van der Waals surface area contributed by atoms with E-state index in [1.54, 1.807) is 31.0 Å². The molecule has 0 aliphatic rings. The summed E-state index contributed by atoms with van der Waals surface area (Å²) in [5, 5.41) is 0. The number of benzene rings is 3. The second kappa shape index (κ2) is 8.64. The Kier molecular flexibility index (Phi) is 5.05. The molecule has 0 bridgehead atoms. The minimum atomic E-state index is 0.805. The van der Waals surface area contributed by atoms with Gasteiger partial charge in [-0.3, -0.25) is 15.0 Å².